The summed E-state index contributed by atoms with van der Waals surface area (Å²) in [5, 5.41) is 9.23. The standard InChI is InChI=1S/C20H32N4O3.HI/c1-3-21-20(22-10-5-12-26-15-17-8-9-17)23-11-13-27-19-7-4-6-18(14-19)24-16(2)25;/h4,6-7,14,17H,3,5,8-13,15H2,1-2H3,(H,24,25)(H2,21,22,23);1H. The van der Waals surface area contributed by atoms with Gasteiger partial charge in [0.15, 0.2) is 5.96 Å². The molecule has 0 saturated heterocycles. The van der Waals surface area contributed by atoms with E-state index in [1.807, 2.05) is 31.2 Å². The van der Waals surface area contributed by atoms with E-state index >= 15 is 0 Å². The SMILES string of the molecule is CCNC(=NCCCOCC1CC1)NCCOc1cccc(NC(C)=O)c1.I. The fourth-order valence-corrected chi connectivity index (χ4v) is 2.44. The Morgan fingerprint density at radius 2 is 2.07 bits per heavy atom. The minimum absolute atomic E-state index is 0. The Morgan fingerprint density at radius 1 is 1.25 bits per heavy atom. The summed E-state index contributed by atoms with van der Waals surface area (Å²) in [5.41, 5.74) is 0.728. The van der Waals surface area contributed by atoms with Crippen molar-refractivity contribution >= 4 is 41.5 Å². The van der Waals surface area contributed by atoms with Gasteiger partial charge in [-0.25, -0.2) is 0 Å². The summed E-state index contributed by atoms with van der Waals surface area (Å²) < 4.78 is 11.4. The predicted molar refractivity (Wildman–Crippen MR) is 124 cm³/mol. The fourth-order valence-electron chi connectivity index (χ4n) is 2.44. The molecule has 1 aliphatic carbocycles. The highest BCUT2D eigenvalue weighted by molar-refractivity contribution is 14.0. The molecule has 0 heterocycles. The number of guanidine groups is 1. The molecule has 0 bridgehead atoms. The molecule has 28 heavy (non-hydrogen) atoms. The van der Waals surface area contributed by atoms with Crippen LogP contribution in [0.1, 0.15) is 33.1 Å². The van der Waals surface area contributed by atoms with E-state index in [0.29, 0.717) is 13.2 Å². The number of halogens is 1. The Morgan fingerprint density at radius 3 is 2.79 bits per heavy atom. The predicted octanol–water partition coefficient (Wildman–Crippen LogP) is 3.01. The highest BCUT2D eigenvalue weighted by atomic mass is 127. The molecular formula is C20H33IN4O3. The van der Waals surface area contributed by atoms with E-state index in [2.05, 4.69) is 20.9 Å². The molecule has 0 atom stereocenters. The molecule has 7 nitrogen and oxygen atoms in total. The summed E-state index contributed by atoms with van der Waals surface area (Å²) in [6.07, 6.45) is 3.58. The molecule has 8 heteroatoms. The summed E-state index contributed by atoms with van der Waals surface area (Å²) in [6.45, 7) is 7.88. The van der Waals surface area contributed by atoms with E-state index in [4.69, 9.17) is 9.47 Å². The zero-order chi connectivity index (χ0) is 19.3. The van der Waals surface area contributed by atoms with E-state index in [9.17, 15) is 4.79 Å². The van der Waals surface area contributed by atoms with Gasteiger partial charge in [-0.15, -0.1) is 24.0 Å². The number of carbonyl (C=O) groups excluding carboxylic acids is 1. The van der Waals surface area contributed by atoms with Crippen LogP contribution in [0, 0.1) is 5.92 Å². The highest BCUT2D eigenvalue weighted by Gasteiger charge is 2.20. The number of benzene rings is 1. The maximum Gasteiger partial charge on any atom is 0.221 e. The van der Waals surface area contributed by atoms with Gasteiger partial charge < -0.3 is 25.4 Å². The molecule has 158 valence electrons. The third-order valence-electron chi connectivity index (χ3n) is 3.93. The molecule has 1 aromatic carbocycles. The number of nitrogens with zero attached hydrogens (tertiary/aromatic N) is 1. The molecule has 0 radical (unpaired) electrons. The molecule has 0 aromatic heterocycles. The lowest BCUT2D eigenvalue weighted by Crippen LogP contribution is -2.39. The van der Waals surface area contributed by atoms with Crippen molar-refractivity contribution in [3.8, 4) is 5.75 Å². The van der Waals surface area contributed by atoms with Gasteiger partial charge in [0.2, 0.25) is 5.91 Å². The van der Waals surface area contributed by atoms with Crippen molar-refractivity contribution in [2.24, 2.45) is 10.9 Å². The first kappa shape index (κ1) is 24.5. The van der Waals surface area contributed by atoms with Gasteiger partial charge in [-0.1, -0.05) is 6.07 Å². The molecule has 1 aromatic rings. The van der Waals surface area contributed by atoms with Gasteiger partial charge in [-0.05, 0) is 44.2 Å². The first-order chi connectivity index (χ1) is 13.2. The van der Waals surface area contributed by atoms with Crippen LogP contribution < -0.4 is 20.7 Å². The number of hydrogen-bond acceptors (Lipinski definition) is 4. The number of hydrogen-bond donors (Lipinski definition) is 3. The minimum atomic E-state index is -0.0988. The molecule has 1 saturated carbocycles. The van der Waals surface area contributed by atoms with E-state index in [1.54, 1.807) is 0 Å². The van der Waals surface area contributed by atoms with E-state index in [1.165, 1.54) is 19.8 Å². The van der Waals surface area contributed by atoms with Gasteiger partial charge in [0.25, 0.3) is 0 Å². The van der Waals surface area contributed by atoms with Crippen molar-refractivity contribution < 1.29 is 14.3 Å². The molecule has 3 N–H and O–H groups in total. The van der Waals surface area contributed by atoms with Crippen molar-refractivity contribution in [3.63, 3.8) is 0 Å². The topological polar surface area (TPSA) is 84.0 Å². The number of amides is 1. The van der Waals surface area contributed by atoms with Gasteiger partial charge in [0.1, 0.15) is 12.4 Å². The monoisotopic (exact) mass is 504 g/mol. The van der Waals surface area contributed by atoms with Crippen LogP contribution in [0.4, 0.5) is 5.69 Å². The Kier molecular flexibility index (Phi) is 12.6. The molecular weight excluding hydrogens is 471 g/mol. The van der Waals surface area contributed by atoms with Crippen molar-refractivity contribution in [1.82, 2.24) is 10.6 Å². The van der Waals surface area contributed by atoms with Crippen molar-refractivity contribution in [3.05, 3.63) is 24.3 Å². The van der Waals surface area contributed by atoms with E-state index in [0.717, 1.165) is 56.0 Å². The van der Waals surface area contributed by atoms with Crippen LogP contribution in [0.3, 0.4) is 0 Å². The molecule has 1 amide bonds. The van der Waals surface area contributed by atoms with Crippen LogP contribution in [0.2, 0.25) is 0 Å². The number of nitrogens with one attached hydrogen (secondary N) is 3. The number of carbonyl (C=O) groups is 1. The van der Waals surface area contributed by atoms with E-state index in [-0.39, 0.29) is 29.9 Å². The maximum atomic E-state index is 11.1. The summed E-state index contributed by atoms with van der Waals surface area (Å²) in [7, 11) is 0. The van der Waals surface area contributed by atoms with Gasteiger partial charge in [0, 0.05) is 45.0 Å². The van der Waals surface area contributed by atoms with Crippen molar-refractivity contribution in [2.45, 2.75) is 33.1 Å². The lowest BCUT2D eigenvalue weighted by atomic mass is 10.3. The average molecular weight is 504 g/mol. The zero-order valence-corrected chi connectivity index (χ0v) is 19.2. The Bertz CT molecular complexity index is 609. The summed E-state index contributed by atoms with van der Waals surface area (Å²) in [6, 6.07) is 7.36. The Hall–Kier alpha value is -1.55. The van der Waals surface area contributed by atoms with Gasteiger partial charge >= 0.3 is 0 Å². The van der Waals surface area contributed by atoms with Gasteiger partial charge in [0.05, 0.1) is 6.54 Å². The second-order valence-corrected chi connectivity index (χ2v) is 6.62. The quantitative estimate of drug-likeness (QED) is 0.177. The van der Waals surface area contributed by atoms with Crippen LogP contribution in [0.5, 0.6) is 5.75 Å². The van der Waals surface area contributed by atoms with Gasteiger partial charge in [-0.2, -0.15) is 0 Å². The van der Waals surface area contributed by atoms with Crippen LogP contribution >= 0.6 is 24.0 Å². The van der Waals surface area contributed by atoms with Crippen molar-refractivity contribution in [2.75, 3.05) is 44.8 Å². The molecule has 0 spiro atoms. The Balaban J connectivity index is 0.00000392. The summed E-state index contributed by atoms with van der Waals surface area (Å²) in [4.78, 5) is 15.7. The Labute approximate surface area is 185 Å². The van der Waals surface area contributed by atoms with Crippen LogP contribution in [-0.2, 0) is 9.53 Å². The largest absolute Gasteiger partial charge is 0.492 e. The summed E-state index contributed by atoms with van der Waals surface area (Å²) in [5.74, 6) is 2.22. The molecule has 1 fully saturated rings. The second kappa shape index (κ2) is 14.4. The number of aliphatic imine (C=N–C) groups is 1. The number of rotatable bonds is 12. The molecule has 2 rings (SSSR count). The molecule has 0 unspecified atom stereocenters. The fraction of sp³-hybridized carbons (Fsp3) is 0.600. The van der Waals surface area contributed by atoms with Crippen LogP contribution in [0.15, 0.2) is 29.3 Å². The number of ether oxygens (including phenoxy) is 2. The third-order valence-corrected chi connectivity index (χ3v) is 3.93. The lowest BCUT2D eigenvalue weighted by Gasteiger charge is -2.12. The normalized spacial score (nSPS) is 13.4. The smallest absolute Gasteiger partial charge is 0.221 e. The second-order valence-electron chi connectivity index (χ2n) is 6.62. The van der Waals surface area contributed by atoms with Crippen LogP contribution in [-0.4, -0.2) is 51.3 Å². The minimum Gasteiger partial charge on any atom is -0.492 e. The third kappa shape index (κ3) is 11.3. The first-order valence-electron chi connectivity index (χ1n) is 9.77. The zero-order valence-electron chi connectivity index (χ0n) is 16.8. The molecule has 0 aliphatic heterocycles. The first-order valence-corrected chi connectivity index (χ1v) is 9.77. The van der Waals surface area contributed by atoms with Crippen LogP contribution in [0.25, 0.3) is 0 Å². The molecule has 1 aliphatic rings. The maximum absolute atomic E-state index is 11.1. The highest BCUT2D eigenvalue weighted by Crippen LogP contribution is 2.28. The number of anilines is 1. The van der Waals surface area contributed by atoms with Gasteiger partial charge in [-0.3, -0.25) is 9.79 Å². The average Bonchev–Trinajstić information content (AvgIpc) is 3.45. The lowest BCUT2D eigenvalue weighted by molar-refractivity contribution is -0.114. The summed E-state index contributed by atoms with van der Waals surface area (Å²) >= 11 is 0. The van der Waals surface area contributed by atoms with E-state index < -0.39 is 0 Å². The van der Waals surface area contributed by atoms with Crippen molar-refractivity contribution in [1.29, 1.82) is 0 Å².